The van der Waals surface area contributed by atoms with Gasteiger partial charge in [0.15, 0.2) is 0 Å². The second-order valence-electron chi connectivity index (χ2n) is 6.24. The smallest absolute Gasteiger partial charge is 0.0509 e. The Hall–Kier alpha value is -0.600. The van der Waals surface area contributed by atoms with Crippen LogP contribution in [0.3, 0.4) is 0 Å². The van der Waals surface area contributed by atoms with E-state index < -0.39 is 0 Å². The first-order chi connectivity index (χ1) is 8.95. The van der Waals surface area contributed by atoms with E-state index in [1.165, 1.54) is 0 Å². The van der Waals surface area contributed by atoms with Crippen molar-refractivity contribution in [3.63, 3.8) is 0 Å². The molecule has 19 heavy (non-hydrogen) atoms. The van der Waals surface area contributed by atoms with Gasteiger partial charge in [-0.25, -0.2) is 0 Å². The molecule has 0 radical (unpaired) electrons. The summed E-state index contributed by atoms with van der Waals surface area (Å²) in [7, 11) is 0. The predicted molar refractivity (Wildman–Crippen MR) is 83.0 cm³/mol. The summed E-state index contributed by atoms with van der Waals surface area (Å²) in [5.41, 5.74) is -0.331. The zero-order valence-electron chi connectivity index (χ0n) is 13.1. The summed E-state index contributed by atoms with van der Waals surface area (Å²) in [6.07, 6.45) is 12.2. The summed E-state index contributed by atoms with van der Waals surface area (Å²) >= 11 is 0. The molecule has 0 spiro atoms. The Kier molecular flexibility index (Phi) is 9.90. The van der Waals surface area contributed by atoms with Crippen LogP contribution in [-0.4, -0.2) is 23.4 Å². The molecule has 0 aromatic rings. The van der Waals surface area contributed by atoms with Crippen LogP contribution in [0.5, 0.6) is 0 Å². The van der Waals surface area contributed by atoms with Crippen LogP contribution >= 0.6 is 0 Å². The molecule has 0 fully saturated rings. The first kappa shape index (κ1) is 18.4. The van der Waals surface area contributed by atoms with Crippen LogP contribution < -0.4 is 0 Å². The van der Waals surface area contributed by atoms with Gasteiger partial charge in [-0.1, -0.05) is 52.0 Å². The van der Waals surface area contributed by atoms with Gasteiger partial charge in [0.25, 0.3) is 0 Å². The second kappa shape index (κ2) is 10.2. The van der Waals surface area contributed by atoms with E-state index in [1.807, 2.05) is 0 Å². The first-order valence-electron chi connectivity index (χ1n) is 7.51. The first-order valence-corrected chi connectivity index (χ1v) is 7.51. The molecule has 0 aliphatic rings. The number of rotatable bonds is 10. The van der Waals surface area contributed by atoms with Gasteiger partial charge in [0.2, 0.25) is 0 Å². The maximum atomic E-state index is 9.59. The Morgan fingerprint density at radius 2 is 1.16 bits per heavy atom. The Morgan fingerprint density at radius 1 is 0.789 bits per heavy atom. The van der Waals surface area contributed by atoms with E-state index in [2.05, 4.69) is 52.0 Å². The Bertz CT molecular complexity index is 236. The van der Waals surface area contributed by atoms with Gasteiger partial charge in [-0.15, -0.1) is 0 Å². The second-order valence-corrected chi connectivity index (χ2v) is 6.24. The highest BCUT2D eigenvalue weighted by atomic mass is 16.3. The SMILES string of the molecule is CC(C)/C=C/CCC(CO)(CO)CC/C=C/C(C)C. The molecule has 0 amide bonds. The lowest BCUT2D eigenvalue weighted by Crippen LogP contribution is -2.29. The van der Waals surface area contributed by atoms with Crippen LogP contribution in [0.1, 0.15) is 53.4 Å². The molecule has 0 aliphatic carbocycles. The van der Waals surface area contributed by atoms with E-state index in [9.17, 15) is 10.2 Å². The summed E-state index contributed by atoms with van der Waals surface area (Å²) in [6.45, 7) is 8.73. The number of aliphatic hydroxyl groups excluding tert-OH is 2. The third-order valence-electron chi connectivity index (χ3n) is 3.40. The molecule has 2 nitrogen and oxygen atoms in total. The minimum atomic E-state index is -0.331. The van der Waals surface area contributed by atoms with E-state index in [0.29, 0.717) is 11.8 Å². The summed E-state index contributed by atoms with van der Waals surface area (Å²) in [4.78, 5) is 0. The number of aliphatic hydroxyl groups is 2. The van der Waals surface area contributed by atoms with Crippen molar-refractivity contribution in [1.29, 1.82) is 0 Å². The van der Waals surface area contributed by atoms with Crippen molar-refractivity contribution in [2.45, 2.75) is 53.4 Å². The minimum Gasteiger partial charge on any atom is -0.396 e. The third-order valence-corrected chi connectivity index (χ3v) is 3.40. The van der Waals surface area contributed by atoms with E-state index in [0.717, 1.165) is 25.7 Å². The van der Waals surface area contributed by atoms with Crippen molar-refractivity contribution in [2.24, 2.45) is 17.3 Å². The highest BCUT2D eigenvalue weighted by molar-refractivity contribution is 4.91. The maximum absolute atomic E-state index is 9.59. The normalized spacial score (nSPS) is 13.5. The molecule has 0 unspecified atom stereocenters. The molecular formula is C17H32O2. The monoisotopic (exact) mass is 268 g/mol. The van der Waals surface area contributed by atoms with Crippen LogP contribution in [-0.2, 0) is 0 Å². The fourth-order valence-corrected chi connectivity index (χ4v) is 2.01. The molecule has 0 aromatic carbocycles. The van der Waals surface area contributed by atoms with Crippen LogP contribution in [0.4, 0.5) is 0 Å². The number of allylic oxidation sites excluding steroid dienone is 4. The fourth-order valence-electron chi connectivity index (χ4n) is 2.01. The zero-order valence-corrected chi connectivity index (χ0v) is 13.1. The van der Waals surface area contributed by atoms with Crippen molar-refractivity contribution in [1.82, 2.24) is 0 Å². The van der Waals surface area contributed by atoms with E-state index in [4.69, 9.17) is 0 Å². The Labute approximate surface area is 119 Å². The topological polar surface area (TPSA) is 40.5 Å². The standard InChI is InChI=1S/C17H32O2/c1-15(2)9-5-7-11-17(13-18,14-19)12-8-6-10-16(3)4/h5-6,9-10,15-16,18-19H,7-8,11-14H2,1-4H3/b9-5+,10-6+. The van der Waals surface area contributed by atoms with E-state index >= 15 is 0 Å². The van der Waals surface area contributed by atoms with Crippen LogP contribution in [0.2, 0.25) is 0 Å². The Morgan fingerprint density at radius 3 is 1.42 bits per heavy atom. The summed E-state index contributed by atoms with van der Waals surface area (Å²) in [6, 6.07) is 0. The minimum absolute atomic E-state index is 0.0640. The van der Waals surface area contributed by atoms with Gasteiger partial charge in [0, 0.05) is 5.41 Å². The lowest BCUT2D eigenvalue weighted by molar-refractivity contribution is 0.0413. The van der Waals surface area contributed by atoms with Crippen LogP contribution in [0.25, 0.3) is 0 Å². The quantitative estimate of drug-likeness (QED) is 0.589. The molecule has 2 N–H and O–H groups in total. The molecule has 0 heterocycles. The zero-order chi connectivity index (χ0) is 14.7. The van der Waals surface area contributed by atoms with Gasteiger partial charge in [-0.05, 0) is 37.5 Å². The van der Waals surface area contributed by atoms with Gasteiger partial charge < -0.3 is 10.2 Å². The van der Waals surface area contributed by atoms with Crippen LogP contribution in [0, 0.1) is 17.3 Å². The van der Waals surface area contributed by atoms with Gasteiger partial charge in [0.05, 0.1) is 13.2 Å². The van der Waals surface area contributed by atoms with Gasteiger partial charge in [0.1, 0.15) is 0 Å². The van der Waals surface area contributed by atoms with Gasteiger partial charge >= 0.3 is 0 Å². The average molecular weight is 268 g/mol. The highest BCUT2D eigenvalue weighted by Crippen LogP contribution is 2.29. The lowest BCUT2D eigenvalue weighted by atomic mass is 9.80. The van der Waals surface area contributed by atoms with Crippen molar-refractivity contribution >= 4 is 0 Å². The van der Waals surface area contributed by atoms with Gasteiger partial charge in [-0.3, -0.25) is 0 Å². The molecular weight excluding hydrogens is 236 g/mol. The molecule has 0 saturated heterocycles. The fraction of sp³-hybridized carbons (Fsp3) is 0.765. The summed E-state index contributed by atoms with van der Waals surface area (Å²) in [5.74, 6) is 1.12. The molecule has 0 atom stereocenters. The predicted octanol–water partition coefficient (Wildman–Crippen LogP) is 3.94. The molecule has 2 heteroatoms. The third kappa shape index (κ3) is 9.01. The van der Waals surface area contributed by atoms with Crippen molar-refractivity contribution < 1.29 is 10.2 Å². The molecule has 0 bridgehead atoms. The molecule has 0 aromatic heterocycles. The van der Waals surface area contributed by atoms with Crippen molar-refractivity contribution in [3.8, 4) is 0 Å². The largest absolute Gasteiger partial charge is 0.396 e. The van der Waals surface area contributed by atoms with Crippen molar-refractivity contribution in [2.75, 3.05) is 13.2 Å². The number of hydrogen-bond donors (Lipinski definition) is 2. The average Bonchev–Trinajstić information content (AvgIpc) is 2.37. The summed E-state index contributed by atoms with van der Waals surface area (Å²) < 4.78 is 0. The van der Waals surface area contributed by atoms with E-state index in [1.54, 1.807) is 0 Å². The maximum Gasteiger partial charge on any atom is 0.0509 e. The number of hydrogen-bond acceptors (Lipinski definition) is 2. The van der Waals surface area contributed by atoms with Crippen LogP contribution in [0.15, 0.2) is 24.3 Å². The lowest BCUT2D eigenvalue weighted by Gasteiger charge is -2.29. The Balaban J connectivity index is 4.25. The molecule has 112 valence electrons. The summed E-state index contributed by atoms with van der Waals surface area (Å²) in [5, 5.41) is 19.2. The molecule has 0 saturated carbocycles. The van der Waals surface area contributed by atoms with Crippen molar-refractivity contribution in [3.05, 3.63) is 24.3 Å². The highest BCUT2D eigenvalue weighted by Gasteiger charge is 2.26. The molecule has 0 aliphatic heterocycles. The van der Waals surface area contributed by atoms with E-state index in [-0.39, 0.29) is 18.6 Å². The van der Waals surface area contributed by atoms with Gasteiger partial charge in [-0.2, -0.15) is 0 Å². The molecule has 0 rings (SSSR count).